The minimum Gasteiger partial charge on any atom is -0.387 e. The smallest absolute Gasteiger partial charge is 0.328 e. The van der Waals surface area contributed by atoms with Gasteiger partial charge >= 0.3 is 5.69 Å². The van der Waals surface area contributed by atoms with Crippen molar-refractivity contribution in [1.82, 2.24) is 9.13 Å². The van der Waals surface area contributed by atoms with E-state index in [0.29, 0.717) is 5.92 Å². The van der Waals surface area contributed by atoms with Crippen molar-refractivity contribution < 1.29 is 5.11 Å². The first-order valence-electron chi connectivity index (χ1n) is 7.45. The molecule has 0 aliphatic rings. The summed E-state index contributed by atoms with van der Waals surface area (Å²) in [6.07, 6.45) is 2.82. The Bertz CT molecular complexity index is 636. The molecule has 0 saturated heterocycles. The van der Waals surface area contributed by atoms with Crippen LogP contribution in [0.3, 0.4) is 0 Å². The van der Waals surface area contributed by atoms with Gasteiger partial charge in [-0.25, -0.2) is 4.79 Å². The van der Waals surface area contributed by atoms with Gasteiger partial charge in [-0.2, -0.15) is 0 Å². The molecule has 0 fully saturated rings. The average molecular weight is 288 g/mol. The summed E-state index contributed by atoms with van der Waals surface area (Å²) < 4.78 is 3.22. The summed E-state index contributed by atoms with van der Waals surface area (Å²) in [7, 11) is 0. The minimum atomic E-state index is -0.674. The predicted octanol–water partition coefficient (Wildman–Crippen LogP) is 3.09. The zero-order valence-electron chi connectivity index (χ0n) is 13.2. The Hall–Kier alpha value is -1.81. The molecule has 1 heterocycles. The molecule has 1 N–H and O–H groups in total. The van der Waals surface area contributed by atoms with Crippen molar-refractivity contribution in [2.24, 2.45) is 0 Å². The second kappa shape index (κ2) is 6.31. The van der Waals surface area contributed by atoms with Gasteiger partial charge in [-0.3, -0.25) is 9.13 Å². The van der Waals surface area contributed by atoms with Crippen molar-refractivity contribution in [3.05, 3.63) is 58.3 Å². The van der Waals surface area contributed by atoms with E-state index in [1.807, 2.05) is 38.1 Å². The zero-order chi connectivity index (χ0) is 15.6. The number of aliphatic hydroxyl groups is 1. The van der Waals surface area contributed by atoms with Gasteiger partial charge in [0.1, 0.15) is 0 Å². The summed E-state index contributed by atoms with van der Waals surface area (Å²) in [6.45, 7) is 8.48. The van der Waals surface area contributed by atoms with Crippen LogP contribution in [0, 0.1) is 0 Å². The van der Waals surface area contributed by atoms with Gasteiger partial charge in [-0.15, -0.1) is 0 Å². The third-order valence-corrected chi connectivity index (χ3v) is 3.79. The van der Waals surface area contributed by atoms with Crippen LogP contribution in [0.2, 0.25) is 0 Å². The first-order chi connectivity index (χ1) is 9.90. The van der Waals surface area contributed by atoms with Crippen LogP contribution in [0.1, 0.15) is 56.9 Å². The van der Waals surface area contributed by atoms with Crippen molar-refractivity contribution in [3.8, 4) is 0 Å². The highest BCUT2D eigenvalue weighted by atomic mass is 16.3. The molecule has 1 aromatic heterocycles. The highest BCUT2D eigenvalue weighted by molar-refractivity contribution is 5.26. The highest BCUT2D eigenvalue weighted by Crippen LogP contribution is 2.19. The molecule has 2 rings (SSSR count). The topological polar surface area (TPSA) is 47.2 Å². The summed E-state index contributed by atoms with van der Waals surface area (Å²) in [4.78, 5) is 12.1. The Labute approximate surface area is 125 Å². The lowest BCUT2D eigenvalue weighted by atomic mass is 10.00. The van der Waals surface area contributed by atoms with Gasteiger partial charge in [-0.05, 0) is 30.9 Å². The number of nitrogens with zero attached hydrogens (tertiary/aromatic N) is 2. The number of aliphatic hydroxyl groups excluding tert-OH is 1. The number of imidazole rings is 1. The van der Waals surface area contributed by atoms with Crippen LogP contribution in [-0.2, 0) is 6.54 Å². The molecule has 0 spiro atoms. The zero-order valence-corrected chi connectivity index (χ0v) is 13.2. The van der Waals surface area contributed by atoms with Gasteiger partial charge in [0.15, 0.2) is 0 Å². The van der Waals surface area contributed by atoms with Crippen molar-refractivity contribution in [2.75, 3.05) is 0 Å². The number of benzene rings is 1. The summed E-state index contributed by atoms with van der Waals surface area (Å²) in [5.41, 5.74) is 2.00. The lowest BCUT2D eigenvalue weighted by Gasteiger charge is -2.13. The molecule has 1 unspecified atom stereocenters. The molecule has 0 radical (unpaired) electrons. The molecule has 0 bridgehead atoms. The molecular formula is C17H24N2O2. The second-order valence-electron chi connectivity index (χ2n) is 6.07. The molecule has 0 amide bonds. The van der Waals surface area contributed by atoms with Crippen LogP contribution in [0.5, 0.6) is 0 Å². The van der Waals surface area contributed by atoms with Gasteiger partial charge in [0.25, 0.3) is 0 Å². The minimum absolute atomic E-state index is 0.0807. The van der Waals surface area contributed by atoms with Crippen LogP contribution >= 0.6 is 0 Å². The average Bonchev–Trinajstić information content (AvgIpc) is 2.80. The van der Waals surface area contributed by atoms with Crippen LogP contribution in [0.25, 0.3) is 0 Å². The molecule has 1 aromatic carbocycles. The lowest BCUT2D eigenvalue weighted by molar-refractivity contribution is 0.154. The van der Waals surface area contributed by atoms with Gasteiger partial charge < -0.3 is 5.11 Å². The molecule has 0 saturated carbocycles. The van der Waals surface area contributed by atoms with Crippen LogP contribution < -0.4 is 5.69 Å². The van der Waals surface area contributed by atoms with E-state index in [0.717, 1.165) is 5.56 Å². The maximum Gasteiger partial charge on any atom is 0.328 e. The van der Waals surface area contributed by atoms with E-state index < -0.39 is 6.10 Å². The monoisotopic (exact) mass is 288 g/mol. The van der Waals surface area contributed by atoms with Gasteiger partial charge in [-0.1, -0.05) is 38.1 Å². The molecule has 114 valence electrons. The Balaban J connectivity index is 2.14. The van der Waals surface area contributed by atoms with Crippen molar-refractivity contribution >= 4 is 0 Å². The molecule has 4 heteroatoms. The highest BCUT2D eigenvalue weighted by Gasteiger charge is 2.12. The van der Waals surface area contributed by atoms with E-state index in [2.05, 4.69) is 13.8 Å². The molecule has 4 nitrogen and oxygen atoms in total. The van der Waals surface area contributed by atoms with E-state index in [9.17, 15) is 9.90 Å². The molecule has 0 aliphatic heterocycles. The van der Waals surface area contributed by atoms with E-state index in [1.54, 1.807) is 21.5 Å². The maximum atomic E-state index is 12.1. The summed E-state index contributed by atoms with van der Waals surface area (Å²) in [5.74, 6) is 0.471. The van der Waals surface area contributed by atoms with Crippen molar-refractivity contribution in [3.63, 3.8) is 0 Å². The quantitative estimate of drug-likeness (QED) is 0.919. The Morgan fingerprint density at radius 1 is 1.00 bits per heavy atom. The van der Waals surface area contributed by atoms with Gasteiger partial charge in [0.2, 0.25) is 0 Å². The summed E-state index contributed by atoms with van der Waals surface area (Å²) in [5, 5.41) is 10.3. The molecule has 2 aromatic rings. The van der Waals surface area contributed by atoms with E-state index >= 15 is 0 Å². The molecule has 1 atom stereocenters. The fourth-order valence-corrected chi connectivity index (χ4v) is 2.35. The molecular weight excluding hydrogens is 264 g/mol. The first-order valence-corrected chi connectivity index (χ1v) is 7.45. The predicted molar refractivity (Wildman–Crippen MR) is 84.6 cm³/mol. The second-order valence-corrected chi connectivity index (χ2v) is 6.07. The van der Waals surface area contributed by atoms with E-state index in [1.165, 1.54) is 5.56 Å². The Morgan fingerprint density at radius 3 is 2.05 bits per heavy atom. The fourth-order valence-electron chi connectivity index (χ4n) is 2.35. The van der Waals surface area contributed by atoms with Crippen molar-refractivity contribution in [2.45, 2.75) is 52.3 Å². The summed E-state index contributed by atoms with van der Waals surface area (Å²) >= 11 is 0. The Morgan fingerprint density at radius 2 is 1.57 bits per heavy atom. The number of rotatable bonds is 5. The number of hydrogen-bond donors (Lipinski definition) is 1. The fraction of sp³-hybridized carbons (Fsp3) is 0.471. The van der Waals surface area contributed by atoms with Crippen LogP contribution in [-0.4, -0.2) is 14.2 Å². The van der Waals surface area contributed by atoms with Gasteiger partial charge in [0, 0.05) is 18.4 Å². The van der Waals surface area contributed by atoms with E-state index in [-0.39, 0.29) is 18.3 Å². The van der Waals surface area contributed by atoms with Crippen molar-refractivity contribution in [1.29, 1.82) is 0 Å². The SMILES string of the molecule is CC(C)c1ccc(C(O)Cn2ccn(C(C)C)c2=O)cc1. The standard InChI is InChI=1S/C17H24N2O2/c1-12(2)14-5-7-15(8-6-14)16(20)11-18-9-10-19(13(3)4)17(18)21/h5-10,12-13,16,20H,11H2,1-4H3. The van der Waals surface area contributed by atoms with Crippen LogP contribution in [0.15, 0.2) is 41.5 Å². The molecule has 21 heavy (non-hydrogen) atoms. The normalized spacial score (nSPS) is 13.1. The third kappa shape index (κ3) is 3.45. The Kier molecular flexibility index (Phi) is 4.68. The number of hydrogen-bond acceptors (Lipinski definition) is 2. The first kappa shape index (κ1) is 15.6. The largest absolute Gasteiger partial charge is 0.387 e. The number of aromatic nitrogens is 2. The van der Waals surface area contributed by atoms with E-state index in [4.69, 9.17) is 0 Å². The van der Waals surface area contributed by atoms with Crippen LogP contribution in [0.4, 0.5) is 0 Å². The molecule has 0 aliphatic carbocycles. The summed E-state index contributed by atoms with van der Waals surface area (Å²) in [6, 6.07) is 8.06. The lowest BCUT2D eigenvalue weighted by Crippen LogP contribution is -2.27. The van der Waals surface area contributed by atoms with Gasteiger partial charge in [0.05, 0.1) is 12.6 Å². The third-order valence-electron chi connectivity index (χ3n) is 3.79. The maximum absolute atomic E-state index is 12.1.